The van der Waals surface area contributed by atoms with Gasteiger partial charge < -0.3 is 14.4 Å². The van der Waals surface area contributed by atoms with Crippen LogP contribution in [-0.4, -0.2) is 58.0 Å². The van der Waals surface area contributed by atoms with Crippen LogP contribution in [0.3, 0.4) is 0 Å². The summed E-state index contributed by atoms with van der Waals surface area (Å²) in [4.78, 5) is 22.7. The van der Waals surface area contributed by atoms with Crippen molar-refractivity contribution in [2.24, 2.45) is 5.92 Å². The van der Waals surface area contributed by atoms with E-state index in [-0.39, 0.29) is 5.92 Å². The molecular weight excluding hydrogens is 432 g/mol. The zero-order valence-corrected chi connectivity index (χ0v) is 21.8. The smallest absolute Gasteiger partial charge is 0.226 e. The summed E-state index contributed by atoms with van der Waals surface area (Å²) in [7, 11) is 2.23. The monoisotopic (exact) mass is 472 g/mol. The normalized spacial score (nSPS) is 21.9. The number of benzene rings is 1. The molecule has 35 heavy (non-hydrogen) atoms. The summed E-state index contributed by atoms with van der Waals surface area (Å²) in [5.41, 5.74) is 5.42. The number of hydrogen-bond donors (Lipinski definition) is 0. The molecule has 1 aliphatic carbocycles. The van der Waals surface area contributed by atoms with Crippen molar-refractivity contribution in [1.29, 1.82) is 0 Å². The summed E-state index contributed by atoms with van der Waals surface area (Å²) in [5, 5.41) is 1.45. The number of likely N-dealkylation sites (tertiary alicyclic amines) is 1. The van der Waals surface area contributed by atoms with Gasteiger partial charge in [0.05, 0.1) is 5.92 Å². The number of carbonyl (C=O) groups is 1. The Morgan fingerprint density at radius 1 is 1.17 bits per heavy atom. The number of aromatic nitrogens is 2. The van der Waals surface area contributed by atoms with Crippen LogP contribution in [-0.2, 0) is 17.6 Å². The number of fused-ring (bicyclic) bond motifs is 2. The Hall–Kier alpha value is -2.66. The van der Waals surface area contributed by atoms with Crippen molar-refractivity contribution in [1.82, 2.24) is 19.4 Å². The molecule has 3 aromatic rings. The molecule has 0 radical (unpaired) electrons. The zero-order valence-electron chi connectivity index (χ0n) is 21.8. The van der Waals surface area contributed by atoms with Crippen molar-refractivity contribution < 1.29 is 4.79 Å². The molecule has 5 rings (SSSR count). The highest BCUT2D eigenvalue weighted by molar-refractivity contribution is 5.89. The number of carbonyl (C=O) groups excluding carboxylic acids is 1. The number of likely N-dealkylation sites (N-methyl/N-ethyl adjacent to an activating group) is 1. The van der Waals surface area contributed by atoms with Gasteiger partial charge in [-0.3, -0.25) is 9.78 Å². The Bertz CT molecular complexity index is 1170. The number of hydrogen-bond acceptors (Lipinski definition) is 3. The predicted molar refractivity (Wildman–Crippen MR) is 143 cm³/mol. The maximum atomic E-state index is 13.7. The number of aryl methyl sites for hydroxylation is 1. The van der Waals surface area contributed by atoms with E-state index in [9.17, 15) is 4.79 Å². The van der Waals surface area contributed by atoms with Crippen LogP contribution in [0.1, 0.15) is 68.8 Å². The molecule has 3 atom stereocenters. The van der Waals surface area contributed by atoms with E-state index in [2.05, 4.69) is 77.6 Å². The van der Waals surface area contributed by atoms with Gasteiger partial charge in [-0.1, -0.05) is 18.2 Å². The van der Waals surface area contributed by atoms with Crippen LogP contribution in [0.15, 0.2) is 48.8 Å². The molecular formula is C30H40N4O. The summed E-state index contributed by atoms with van der Waals surface area (Å²) < 4.78 is 2.43. The predicted octanol–water partition coefficient (Wildman–Crippen LogP) is 5.45. The maximum absolute atomic E-state index is 13.7. The van der Waals surface area contributed by atoms with Gasteiger partial charge in [-0.15, -0.1) is 0 Å². The Morgan fingerprint density at radius 2 is 2.03 bits per heavy atom. The molecule has 2 aromatic heterocycles. The van der Waals surface area contributed by atoms with Gasteiger partial charge in [0.1, 0.15) is 0 Å². The summed E-state index contributed by atoms with van der Waals surface area (Å²) in [6, 6.07) is 13.8. The molecule has 5 nitrogen and oxygen atoms in total. The first kappa shape index (κ1) is 24.1. The molecule has 1 saturated heterocycles. The minimum atomic E-state index is 0.0704. The van der Waals surface area contributed by atoms with Gasteiger partial charge >= 0.3 is 0 Å². The van der Waals surface area contributed by atoms with Gasteiger partial charge in [0.15, 0.2) is 0 Å². The second-order valence-electron chi connectivity index (χ2n) is 10.8. The number of nitrogens with zero attached hydrogens (tertiary/aromatic N) is 4. The van der Waals surface area contributed by atoms with E-state index in [1.165, 1.54) is 22.0 Å². The first-order valence-corrected chi connectivity index (χ1v) is 13.5. The first-order chi connectivity index (χ1) is 17.0. The second-order valence-corrected chi connectivity index (χ2v) is 10.8. The molecule has 186 valence electrons. The lowest BCUT2D eigenvalue weighted by atomic mass is 9.72. The third kappa shape index (κ3) is 4.63. The molecule has 3 heterocycles. The second kappa shape index (κ2) is 10.1. The molecule has 1 unspecified atom stereocenters. The number of piperidine rings is 1. The molecule has 5 heteroatoms. The molecule has 0 bridgehead atoms. The Balaban J connectivity index is 1.29. The fourth-order valence-electron chi connectivity index (χ4n) is 6.52. The fraction of sp³-hybridized carbons (Fsp3) is 0.533. The SMILES string of the molecule is CCN(CCCCc1ccccn1)C(=O)[C@@H]1CC2c3cccc4c3c(cn4C(C)C)C[C@H]2N(C)C1. The Morgan fingerprint density at radius 3 is 2.77 bits per heavy atom. The molecule has 1 aliphatic heterocycles. The number of amides is 1. The summed E-state index contributed by atoms with van der Waals surface area (Å²) in [6.07, 6.45) is 9.35. The van der Waals surface area contributed by atoms with Gasteiger partial charge in [-0.05, 0) is 89.2 Å². The van der Waals surface area contributed by atoms with Crippen molar-refractivity contribution >= 4 is 16.8 Å². The van der Waals surface area contributed by atoms with Gasteiger partial charge in [0.2, 0.25) is 5.91 Å². The van der Waals surface area contributed by atoms with Crippen LogP contribution in [0.2, 0.25) is 0 Å². The topological polar surface area (TPSA) is 41.4 Å². The number of pyridine rings is 1. The van der Waals surface area contributed by atoms with Crippen LogP contribution in [0.5, 0.6) is 0 Å². The van der Waals surface area contributed by atoms with Crippen LogP contribution in [0, 0.1) is 5.92 Å². The van der Waals surface area contributed by atoms with E-state index in [1.807, 2.05) is 18.3 Å². The van der Waals surface area contributed by atoms with Crippen LogP contribution in [0.4, 0.5) is 0 Å². The minimum Gasteiger partial charge on any atom is -0.345 e. The molecule has 1 aromatic carbocycles. The number of unbranched alkanes of at least 4 members (excludes halogenated alkanes) is 1. The average Bonchev–Trinajstić information content (AvgIpc) is 3.25. The lowest BCUT2D eigenvalue weighted by Crippen LogP contribution is -2.52. The first-order valence-electron chi connectivity index (χ1n) is 13.5. The third-order valence-corrected chi connectivity index (χ3v) is 8.31. The fourth-order valence-corrected chi connectivity index (χ4v) is 6.52. The molecule has 1 amide bonds. The molecule has 0 spiro atoms. The van der Waals surface area contributed by atoms with Crippen LogP contribution >= 0.6 is 0 Å². The summed E-state index contributed by atoms with van der Waals surface area (Å²) in [6.45, 7) is 9.13. The summed E-state index contributed by atoms with van der Waals surface area (Å²) in [5.74, 6) is 0.833. The van der Waals surface area contributed by atoms with Gasteiger partial charge in [-0.25, -0.2) is 0 Å². The minimum absolute atomic E-state index is 0.0704. The van der Waals surface area contributed by atoms with Gasteiger partial charge in [0.25, 0.3) is 0 Å². The van der Waals surface area contributed by atoms with Crippen molar-refractivity contribution in [3.8, 4) is 0 Å². The quantitative estimate of drug-likeness (QED) is 0.410. The largest absolute Gasteiger partial charge is 0.345 e. The number of rotatable bonds is 8. The van der Waals surface area contributed by atoms with Crippen LogP contribution in [0.25, 0.3) is 10.9 Å². The molecule has 0 saturated carbocycles. The molecule has 2 aliphatic rings. The van der Waals surface area contributed by atoms with Crippen molar-refractivity contribution in [2.45, 2.75) is 70.9 Å². The van der Waals surface area contributed by atoms with Crippen molar-refractivity contribution in [3.05, 3.63) is 65.6 Å². The zero-order chi connectivity index (χ0) is 24.5. The highest BCUT2D eigenvalue weighted by Gasteiger charge is 2.42. The standard InChI is InChI=1S/C30H40N4O/c1-5-33(16-9-7-12-24-11-6-8-15-31-24)30(35)23-17-26-25-13-10-14-27-29(25)22(20-34(27)21(2)3)18-28(26)32(4)19-23/h6,8,10-11,13-15,20-21,23,26,28H,5,7,9,12,16-19H2,1-4H3/t23-,26?,28-/m1/s1. The highest BCUT2D eigenvalue weighted by Crippen LogP contribution is 2.45. The van der Waals surface area contributed by atoms with Crippen molar-refractivity contribution in [3.63, 3.8) is 0 Å². The lowest BCUT2D eigenvalue weighted by Gasteiger charge is -2.45. The Kier molecular flexibility index (Phi) is 6.97. The maximum Gasteiger partial charge on any atom is 0.226 e. The van der Waals surface area contributed by atoms with Gasteiger partial charge in [0, 0.05) is 66.6 Å². The van der Waals surface area contributed by atoms with Gasteiger partial charge in [-0.2, -0.15) is 0 Å². The lowest BCUT2D eigenvalue weighted by molar-refractivity contribution is -0.138. The van der Waals surface area contributed by atoms with Crippen molar-refractivity contribution in [2.75, 3.05) is 26.7 Å². The van der Waals surface area contributed by atoms with Crippen LogP contribution < -0.4 is 0 Å². The average molecular weight is 473 g/mol. The third-order valence-electron chi connectivity index (χ3n) is 8.31. The summed E-state index contributed by atoms with van der Waals surface area (Å²) >= 11 is 0. The van der Waals surface area contributed by atoms with E-state index < -0.39 is 0 Å². The van der Waals surface area contributed by atoms with E-state index in [1.54, 1.807) is 0 Å². The molecule has 1 fully saturated rings. The van der Waals surface area contributed by atoms with E-state index >= 15 is 0 Å². The van der Waals surface area contributed by atoms with E-state index in [0.717, 1.165) is 57.4 Å². The Labute approximate surface area is 210 Å². The van der Waals surface area contributed by atoms with E-state index in [4.69, 9.17) is 0 Å². The van der Waals surface area contributed by atoms with E-state index in [0.29, 0.717) is 23.9 Å². The highest BCUT2D eigenvalue weighted by atomic mass is 16.2. The molecule has 0 N–H and O–H groups in total.